The molecule has 1 fully saturated rings. The number of hydrogen-bond donors (Lipinski definition) is 2. The molecule has 100 valence electrons. The molecule has 3 N–H and O–H groups in total. The molecule has 18 heavy (non-hydrogen) atoms. The third kappa shape index (κ3) is 3.20. The quantitative estimate of drug-likeness (QED) is 0.821. The third-order valence-corrected chi connectivity index (χ3v) is 5.07. The summed E-state index contributed by atoms with van der Waals surface area (Å²) in [6.45, 7) is 0. The van der Waals surface area contributed by atoms with Crippen LogP contribution in [-0.4, -0.2) is 25.5 Å². The van der Waals surface area contributed by atoms with Gasteiger partial charge in [-0.25, -0.2) is 18.1 Å². The van der Waals surface area contributed by atoms with Crippen molar-refractivity contribution < 1.29 is 8.42 Å². The predicted molar refractivity (Wildman–Crippen MR) is 69.8 cm³/mol. The van der Waals surface area contributed by atoms with Crippen LogP contribution in [0.25, 0.3) is 0 Å². The smallest absolute Gasteiger partial charge is 0.243 e. The van der Waals surface area contributed by atoms with E-state index < -0.39 is 10.0 Å². The summed E-state index contributed by atoms with van der Waals surface area (Å²) in [5.41, 5.74) is 5.79. The molecule has 1 aliphatic rings. The van der Waals surface area contributed by atoms with Gasteiger partial charge >= 0.3 is 0 Å². The van der Waals surface area contributed by atoms with Crippen LogP contribution in [0.4, 0.5) is 0 Å². The van der Waals surface area contributed by atoms with Crippen LogP contribution >= 0.6 is 11.6 Å². The highest BCUT2D eigenvalue weighted by Gasteiger charge is 2.25. The maximum Gasteiger partial charge on any atom is 0.243 e. The number of nitrogens with two attached hydrogens (primary N) is 1. The molecular weight excluding hydrogens is 274 g/mol. The number of sulfonamides is 1. The first-order valence-corrected chi connectivity index (χ1v) is 7.73. The first kappa shape index (κ1) is 13.7. The fourth-order valence-electron chi connectivity index (χ4n) is 2.09. The van der Waals surface area contributed by atoms with Crippen LogP contribution in [0.1, 0.15) is 25.7 Å². The molecule has 0 radical (unpaired) electrons. The minimum atomic E-state index is -3.59. The molecule has 1 heterocycles. The Morgan fingerprint density at radius 3 is 2.61 bits per heavy atom. The molecule has 1 saturated carbocycles. The molecule has 0 atom stereocenters. The van der Waals surface area contributed by atoms with Crippen LogP contribution in [0.15, 0.2) is 23.2 Å². The Morgan fingerprint density at radius 1 is 1.33 bits per heavy atom. The van der Waals surface area contributed by atoms with Crippen LogP contribution < -0.4 is 10.5 Å². The van der Waals surface area contributed by atoms with Crippen molar-refractivity contribution in [3.63, 3.8) is 0 Å². The lowest BCUT2D eigenvalue weighted by Gasteiger charge is -2.26. The van der Waals surface area contributed by atoms with E-state index in [4.69, 9.17) is 17.3 Å². The van der Waals surface area contributed by atoms with E-state index in [1.807, 2.05) is 0 Å². The Kier molecular flexibility index (Phi) is 4.21. The topological polar surface area (TPSA) is 85.1 Å². The third-order valence-electron chi connectivity index (χ3n) is 3.11. The van der Waals surface area contributed by atoms with Crippen molar-refractivity contribution in [3.05, 3.63) is 23.5 Å². The van der Waals surface area contributed by atoms with Crippen molar-refractivity contribution in [1.29, 1.82) is 0 Å². The predicted octanol–water partition coefficient (Wildman–Crippen LogP) is 1.28. The van der Waals surface area contributed by atoms with Crippen LogP contribution in [0, 0.1) is 0 Å². The zero-order valence-electron chi connectivity index (χ0n) is 9.84. The van der Waals surface area contributed by atoms with E-state index in [1.165, 1.54) is 12.3 Å². The summed E-state index contributed by atoms with van der Waals surface area (Å²) < 4.78 is 26.9. The molecule has 0 aromatic carbocycles. The second-order valence-corrected chi connectivity index (χ2v) is 6.57. The maximum absolute atomic E-state index is 12.1. The summed E-state index contributed by atoms with van der Waals surface area (Å²) in [6.07, 6.45) is 4.67. The standard InChI is InChI=1S/C11H16ClN3O2S/c12-11-10(2-1-7-14-11)18(16,17)15-9-5-3-8(13)4-6-9/h1-2,7-9,15H,3-6,13H2. The van der Waals surface area contributed by atoms with Crippen molar-refractivity contribution in [2.75, 3.05) is 0 Å². The van der Waals surface area contributed by atoms with Gasteiger partial charge in [0.1, 0.15) is 10.0 Å². The molecule has 1 aromatic heterocycles. The van der Waals surface area contributed by atoms with Gasteiger partial charge in [0.15, 0.2) is 0 Å². The number of nitrogens with zero attached hydrogens (tertiary/aromatic N) is 1. The normalized spacial score (nSPS) is 25.0. The van der Waals surface area contributed by atoms with E-state index in [9.17, 15) is 8.42 Å². The lowest BCUT2D eigenvalue weighted by molar-refractivity contribution is 0.373. The van der Waals surface area contributed by atoms with E-state index in [-0.39, 0.29) is 22.1 Å². The lowest BCUT2D eigenvalue weighted by atomic mass is 9.93. The number of hydrogen-bond acceptors (Lipinski definition) is 4. The summed E-state index contributed by atoms with van der Waals surface area (Å²) >= 11 is 5.80. The van der Waals surface area contributed by atoms with Gasteiger partial charge in [0.05, 0.1) is 0 Å². The molecule has 0 amide bonds. The molecular formula is C11H16ClN3O2S. The lowest BCUT2D eigenvalue weighted by Crippen LogP contribution is -2.40. The summed E-state index contributed by atoms with van der Waals surface area (Å²) in [5, 5.41) is -0.00230. The molecule has 0 spiro atoms. The van der Waals surface area contributed by atoms with Gasteiger partial charge in [-0.1, -0.05) is 11.6 Å². The van der Waals surface area contributed by atoms with E-state index in [0.717, 1.165) is 25.7 Å². The first-order chi connectivity index (χ1) is 8.49. The Morgan fingerprint density at radius 2 is 2.00 bits per heavy atom. The molecule has 1 aromatic rings. The zero-order chi connectivity index (χ0) is 13.2. The second-order valence-electron chi connectivity index (χ2n) is 4.53. The van der Waals surface area contributed by atoms with Gasteiger partial charge < -0.3 is 5.73 Å². The maximum atomic E-state index is 12.1. The van der Waals surface area contributed by atoms with Gasteiger partial charge in [-0.15, -0.1) is 0 Å². The van der Waals surface area contributed by atoms with Crippen molar-refractivity contribution in [3.8, 4) is 0 Å². The largest absolute Gasteiger partial charge is 0.328 e. The summed E-state index contributed by atoms with van der Waals surface area (Å²) in [4.78, 5) is 3.81. The Bertz CT molecular complexity index is 513. The van der Waals surface area contributed by atoms with Crippen LogP contribution in [0.3, 0.4) is 0 Å². The van der Waals surface area contributed by atoms with Crippen molar-refractivity contribution >= 4 is 21.6 Å². The minimum absolute atomic E-state index is 0.00230. The average molecular weight is 290 g/mol. The van der Waals surface area contributed by atoms with Crippen molar-refractivity contribution in [2.45, 2.75) is 42.7 Å². The summed E-state index contributed by atoms with van der Waals surface area (Å²) in [6, 6.07) is 3.13. The van der Waals surface area contributed by atoms with Gasteiger partial charge in [-0.2, -0.15) is 0 Å². The van der Waals surface area contributed by atoms with Gasteiger partial charge in [0.25, 0.3) is 0 Å². The molecule has 7 heteroatoms. The monoisotopic (exact) mass is 289 g/mol. The molecule has 0 bridgehead atoms. The van der Waals surface area contributed by atoms with E-state index >= 15 is 0 Å². The Labute approximate surface area is 112 Å². The number of nitrogens with one attached hydrogen (secondary N) is 1. The van der Waals surface area contributed by atoms with Crippen LogP contribution in [0.2, 0.25) is 5.15 Å². The molecule has 0 saturated heterocycles. The summed E-state index contributed by atoms with van der Waals surface area (Å²) in [5.74, 6) is 0. The van der Waals surface area contributed by atoms with Gasteiger partial charge in [0.2, 0.25) is 10.0 Å². The molecule has 0 unspecified atom stereocenters. The number of aromatic nitrogens is 1. The highest BCUT2D eigenvalue weighted by Crippen LogP contribution is 2.22. The fraction of sp³-hybridized carbons (Fsp3) is 0.545. The van der Waals surface area contributed by atoms with Gasteiger partial charge in [-0.3, -0.25) is 0 Å². The Balaban J connectivity index is 2.11. The second kappa shape index (κ2) is 5.52. The molecule has 0 aliphatic heterocycles. The zero-order valence-corrected chi connectivity index (χ0v) is 11.4. The summed E-state index contributed by atoms with van der Waals surface area (Å²) in [7, 11) is -3.59. The van der Waals surface area contributed by atoms with E-state index in [0.29, 0.717) is 0 Å². The van der Waals surface area contributed by atoms with Crippen LogP contribution in [0.5, 0.6) is 0 Å². The number of pyridine rings is 1. The first-order valence-electron chi connectivity index (χ1n) is 5.87. The highest BCUT2D eigenvalue weighted by atomic mass is 35.5. The molecule has 5 nitrogen and oxygen atoms in total. The van der Waals surface area contributed by atoms with Gasteiger partial charge in [-0.05, 0) is 37.8 Å². The Hall–Kier alpha value is -0.690. The van der Waals surface area contributed by atoms with Crippen LogP contribution in [-0.2, 0) is 10.0 Å². The fourth-order valence-corrected chi connectivity index (χ4v) is 3.85. The minimum Gasteiger partial charge on any atom is -0.328 e. The molecule has 2 rings (SSSR count). The SMILES string of the molecule is NC1CCC(NS(=O)(=O)c2cccnc2Cl)CC1. The number of halogens is 1. The molecule has 1 aliphatic carbocycles. The van der Waals surface area contributed by atoms with E-state index in [1.54, 1.807) is 6.07 Å². The van der Waals surface area contributed by atoms with Gasteiger partial charge in [0, 0.05) is 18.3 Å². The highest BCUT2D eigenvalue weighted by molar-refractivity contribution is 7.89. The number of rotatable bonds is 3. The van der Waals surface area contributed by atoms with Crippen molar-refractivity contribution in [2.24, 2.45) is 5.73 Å². The van der Waals surface area contributed by atoms with Crippen molar-refractivity contribution in [1.82, 2.24) is 9.71 Å². The van der Waals surface area contributed by atoms with E-state index in [2.05, 4.69) is 9.71 Å². The average Bonchev–Trinajstić information content (AvgIpc) is 2.32.